The number of carboxylic acid groups (broad SMARTS) is 1. The number of carbonyl (C=O) groups excluding carboxylic acids is 1. The number of nitrogens with one attached hydrogen (secondary N) is 1. The number of rotatable bonds is 7. The van der Waals surface area contributed by atoms with E-state index in [4.69, 9.17) is 10.2 Å². The monoisotopic (exact) mass is 217 g/mol. The van der Waals surface area contributed by atoms with Gasteiger partial charge >= 0.3 is 5.97 Å². The second-order valence-electron chi connectivity index (χ2n) is 3.69. The van der Waals surface area contributed by atoms with Crippen molar-refractivity contribution in [3.63, 3.8) is 0 Å². The van der Waals surface area contributed by atoms with Crippen molar-refractivity contribution >= 4 is 11.9 Å². The van der Waals surface area contributed by atoms with Crippen LogP contribution in [0.5, 0.6) is 0 Å². The van der Waals surface area contributed by atoms with Crippen LogP contribution in [-0.4, -0.2) is 34.7 Å². The number of hydrogen-bond donors (Lipinski definition) is 3. The molecule has 0 saturated heterocycles. The van der Waals surface area contributed by atoms with Crippen LogP contribution in [0.4, 0.5) is 0 Å². The van der Waals surface area contributed by atoms with E-state index >= 15 is 0 Å². The molecule has 3 N–H and O–H groups in total. The van der Waals surface area contributed by atoms with Crippen molar-refractivity contribution in [2.24, 2.45) is 5.92 Å². The van der Waals surface area contributed by atoms with Gasteiger partial charge in [0, 0.05) is 19.4 Å². The van der Waals surface area contributed by atoms with Gasteiger partial charge in [-0.15, -0.1) is 0 Å². The smallest absolute Gasteiger partial charge is 0.326 e. The van der Waals surface area contributed by atoms with Crippen molar-refractivity contribution < 1.29 is 19.8 Å². The van der Waals surface area contributed by atoms with E-state index in [0.717, 1.165) is 6.42 Å². The lowest BCUT2D eigenvalue weighted by molar-refractivity contribution is -0.142. The van der Waals surface area contributed by atoms with Crippen LogP contribution in [-0.2, 0) is 9.59 Å². The van der Waals surface area contributed by atoms with Crippen LogP contribution in [0.25, 0.3) is 0 Å². The predicted octanol–water partition coefficient (Wildman–Crippen LogP) is 0.374. The second-order valence-corrected chi connectivity index (χ2v) is 3.69. The molecule has 0 saturated carbocycles. The molecule has 0 aliphatic rings. The summed E-state index contributed by atoms with van der Waals surface area (Å²) in [5, 5.41) is 19.7. The van der Waals surface area contributed by atoms with Crippen LogP contribution < -0.4 is 5.32 Å². The third-order valence-corrected chi connectivity index (χ3v) is 2.28. The summed E-state index contributed by atoms with van der Waals surface area (Å²) in [5.74, 6) is -1.14. The fourth-order valence-electron chi connectivity index (χ4n) is 1.10. The van der Waals surface area contributed by atoms with Crippen LogP contribution in [0.15, 0.2) is 0 Å². The molecule has 0 spiro atoms. The lowest BCUT2D eigenvalue weighted by atomic mass is 10.0. The fourth-order valence-corrected chi connectivity index (χ4v) is 1.10. The zero-order chi connectivity index (χ0) is 11.8. The van der Waals surface area contributed by atoms with Crippen LogP contribution in [0.2, 0.25) is 0 Å². The van der Waals surface area contributed by atoms with Crippen molar-refractivity contribution in [2.75, 3.05) is 6.61 Å². The first-order valence-corrected chi connectivity index (χ1v) is 5.14. The fraction of sp³-hybridized carbons (Fsp3) is 0.800. The van der Waals surface area contributed by atoms with Crippen molar-refractivity contribution in [1.82, 2.24) is 5.32 Å². The Labute approximate surface area is 89.5 Å². The predicted molar refractivity (Wildman–Crippen MR) is 55.3 cm³/mol. The molecule has 88 valence electrons. The Hall–Kier alpha value is -1.10. The molecule has 0 aliphatic carbocycles. The van der Waals surface area contributed by atoms with Gasteiger partial charge in [0.05, 0.1) is 0 Å². The topological polar surface area (TPSA) is 86.6 Å². The highest BCUT2D eigenvalue weighted by Gasteiger charge is 2.19. The number of aliphatic carboxylic acids is 1. The summed E-state index contributed by atoms with van der Waals surface area (Å²) in [6.45, 7) is 3.66. The van der Waals surface area contributed by atoms with Gasteiger partial charge in [0.15, 0.2) is 0 Å². The minimum absolute atomic E-state index is 0.0432. The summed E-state index contributed by atoms with van der Waals surface area (Å²) in [6.07, 6.45) is 1.25. The number of hydrogen-bond acceptors (Lipinski definition) is 3. The van der Waals surface area contributed by atoms with Gasteiger partial charge in [0.25, 0.3) is 0 Å². The van der Waals surface area contributed by atoms with E-state index in [1.165, 1.54) is 0 Å². The number of carbonyl (C=O) groups is 2. The van der Waals surface area contributed by atoms with Crippen LogP contribution in [0.3, 0.4) is 0 Å². The highest BCUT2D eigenvalue weighted by Crippen LogP contribution is 2.06. The highest BCUT2D eigenvalue weighted by molar-refractivity contribution is 5.83. The molecular weight excluding hydrogens is 198 g/mol. The number of amides is 1. The molecular formula is C10H19NO4. The number of aliphatic hydroxyl groups excluding tert-OH is 1. The normalized spacial score (nSPS) is 14.3. The third-order valence-electron chi connectivity index (χ3n) is 2.28. The van der Waals surface area contributed by atoms with E-state index < -0.39 is 12.0 Å². The summed E-state index contributed by atoms with van der Waals surface area (Å²) < 4.78 is 0. The minimum atomic E-state index is -1.11. The van der Waals surface area contributed by atoms with E-state index in [1.807, 2.05) is 13.8 Å². The first-order valence-electron chi connectivity index (χ1n) is 5.14. The standard InChI is InChI=1S/C10H19NO4/c1-3-7(2)6-9(13)11-8(4-5-12)10(14)15/h7-8,12H,3-6H2,1-2H3,(H,11,13)(H,14,15). The van der Waals surface area contributed by atoms with Crippen LogP contribution in [0.1, 0.15) is 33.1 Å². The molecule has 0 aromatic heterocycles. The third kappa shape index (κ3) is 6.06. The van der Waals surface area contributed by atoms with Crippen LogP contribution in [0, 0.1) is 5.92 Å². The molecule has 0 aliphatic heterocycles. The quantitative estimate of drug-likeness (QED) is 0.575. The van der Waals surface area contributed by atoms with Gasteiger partial charge in [-0.2, -0.15) is 0 Å². The molecule has 1 amide bonds. The van der Waals surface area contributed by atoms with E-state index in [2.05, 4.69) is 5.32 Å². The number of aliphatic hydroxyl groups is 1. The lowest BCUT2D eigenvalue weighted by Crippen LogP contribution is -2.41. The Bertz CT molecular complexity index is 217. The van der Waals surface area contributed by atoms with E-state index in [9.17, 15) is 9.59 Å². The van der Waals surface area contributed by atoms with Crippen LogP contribution >= 0.6 is 0 Å². The first kappa shape index (κ1) is 13.9. The van der Waals surface area contributed by atoms with Gasteiger partial charge < -0.3 is 15.5 Å². The maximum absolute atomic E-state index is 11.3. The van der Waals surface area contributed by atoms with E-state index in [0.29, 0.717) is 6.42 Å². The molecule has 5 heteroatoms. The molecule has 2 atom stereocenters. The SMILES string of the molecule is CCC(C)CC(=O)NC(CCO)C(=O)O. The zero-order valence-electron chi connectivity index (χ0n) is 9.19. The molecule has 15 heavy (non-hydrogen) atoms. The lowest BCUT2D eigenvalue weighted by Gasteiger charge is -2.14. The minimum Gasteiger partial charge on any atom is -0.480 e. The van der Waals surface area contributed by atoms with E-state index in [-0.39, 0.29) is 24.9 Å². The van der Waals surface area contributed by atoms with Crippen molar-refractivity contribution in [3.05, 3.63) is 0 Å². The molecule has 0 fully saturated rings. The summed E-state index contributed by atoms with van der Waals surface area (Å²) in [5.41, 5.74) is 0. The van der Waals surface area contributed by atoms with Gasteiger partial charge in [0.2, 0.25) is 5.91 Å². The van der Waals surface area contributed by atoms with Gasteiger partial charge in [-0.25, -0.2) is 4.79 Å². The summed E-state index contributed by atoms with van der Waals surface area (Å²) in [4.78, 5) is 22.0. The van der Waals surface area contributed by atoms with Gasteiger partial charge in [0.1, 0.15) is 6.04 Å². The Balaban J connectivity index is 4.05. The van der Waals surface area contributed by atoms with Crippen molar-refractivity contribution in [1.29, 1.82) is 0 Å². The summed E-state index contributed by atoms with van der Waals surface area (Å²) >= 11 is 0. The van der Waals surface area contributed by atoms with E-state index in [1.54, 1.807) is 0 Å². The van der Waals surface area contributed by atoms with Crippen molar-refractivity contribution in [3.8, 4) is 0 Å². The first-order chi connectivity index (χ1) is 7.01. The maximum atomic E-state index is 11.3. The average Bonchev–Trinajstić information content (AvgIpc) is 2.16. The Kier molecular flexibility index (Phi) is 6.70. The number of carboxylic acids is 1. The molecule has 5 nitrogen and oxygen atoms in total. The summed E-state index contributed by atoms with van der Waals surface area (Å²) in [6, 6.07) is -0.980. The molecule has 0 rings (SSSR count). The molecule has 0 aromatic carbocycles. The second kappa shape index (κ2) is 7.23. The van der Waals surface area contributed by atoms with Gasteiger partial charge in [-0.1, -0.05) is 20.3 Å². The van der Waals surface area contributed by atoms with Crippen molar-refractivity contribution in [2.45, 2.75) is 39.2 Å². The average molecular weight is 217 g/mol. The molecule has 0 bridgehead atoms. The Morgan fingerprint density at radius 1 is 1.40 bits per heavy atom. The van der Waals surface area contributed by atoms with Gasteiger partial charge in [-0.3, -0.25) is 4.79 Å². The largest absolute Gasteiger partial charge is 0.480 e. The Morgan fingerprint density at radius 3 is 2.40 bits per heavy atom. The zero-order valence-corrected chi connectivity index (χ0v) is 9.19. The highest BCUT2D eigenvalue weighted by atomic mass is 16.4. The molecule has 2 unspecified atom stereocenters. The Morgan fingerprint density at radius 2 is 2.00 bits per heavy atom. The maximum Gasteiger partial charge on any atom is 0.326 e. The molecule has 0 aromatic rings. The van der Waals surface area contributed by atoms with Gasteiger partial charge in [-0.05, 0) is 5.92 Å². The molecule has 0 heterocycles. The molecule has 0 radical (unpaired) electrons. The summed E-state index contributed by atoms with van der Waals surface area (Å²) in [7, 11) is 0.